The van der Waals surface area contributed by atoms with Crippen molar-refractivity contribution in [2.24, 2.45) is 5.92 Å². The first-order valence-corrected chi connectivity index (χ1v) is 13.6. The molecule has 3 aromatic rings. The molecule has 13 heteroatoms. The van der Waals surface area contributed by atoms with Crippen LogP contribution in [-0.4, -0.2) is 30.3 Å². The van der Waals surface area contributed by atoms with Gasteiger partial charge in [-0.2, -0.15) is 4.37 Å². The summed E-state index contributed by atoms with van der Waals surface area (Å²) in [6.07, 6.45) is 1.26. The van der Waals surface area contributed by atoms with Crippen molar-refractivity contribution in [3.63, 3.8) is 0 Å². The second-order valence-corrected chi connectivity index (χ2v) is 11.1. The first-order valence-electron chi connectivity index (χ1n) is 11.9. The maximum Gasteiger partial charge on any atom is 0.263 e. The molecule has 5 rings (SSSR count). The third kappa shape index (κ3) is 4.98. The lowest BCUT2D eigenvalue weighted by atomic mass is 9.99. The number of carbonyl (C=O) groups excluding carboxylic acids is 1. The van der Waals surface area contributed by atoms with Gasteiger partial charge in [0.1, 0.15) is 22.5 Å². The normalized spacial score (nSPS) is 11.5. The molecule has 1 aliphatic heterocycles. The van der Waals surface area contributed by atoms with E-state index in [0.717, 1.165) is 35.4 Å². The Morgan fingerprint density at radius 2 is 1.92 bits per heavy atom. The zero-order valence-electron chi connectivity index (χ0n) is 21.0. The molecule has 0 saturated carbocycles. The van der Waals surface area contributed by atoms with Gasteiger partial charge in [-0.15, -0.1) is 11.3 Å². The predicted molar refractivity (Wildman–Crippen MR) is 148 cm³/mol. The number of aryl methyl sites for hydroxylation is 1. The number of nitrogens with one attached hydrogen (secondary N) is 3. The summed E-state index contributed by atoms with van der Waals surface area (Å²) in [6.45, 7) is 5.39. The minimum Gasteiger partial charge on any atom is -0.506 e. The molecular weight excluding hydrogens is 545 g/mol. The van der Waals surface area contributed by atoms with Gasteiger partial charge < -0.3 is 20.4 Å². The van der Waals surface area contributed by atoms with E-state index in [2.05, 4.69) is 24.6 Å². The van der Waals surface area contributed by atoms with Crippen LogP contribution in [0.4, 0.5) is 9.52 Å². The maximum atomic E-state index is 14.5. The van der Waals surface area contributed by atoms with Gasteiger partial charge in [0.05, 0.1) is 21.3 Å². The summed E-state index contributed by atoms with van der Waals surface area (Å²) in [5.41, 5.74) is -1.54. The topological polar surface area (TPSA) is 158 Å². The SMILES string of the molecule is CC(=O)Nc1nc(-c2cc3snc(-c4c(O)c5cc(F)cc(CCC(C)C)c5[nH]c4=O)[nH]c=3c(=O)c2=O)cs1. The Labute approximate surface area is 227 Å². The third-order valence-electron chi connectivity index (χ3n) is 6.11. The summed E-state index contributed by atoms with van der Waals surface area (Å²) in [7, 11) is 0. The number of anilines is 1. The molecular formula is C26H22FN5O5S2. The number of aromatic amines is 2. The number of thiazole rings is 1. The van der Waals surface area contributed by atoms with Gasteiger partial charge in [0, 0.05) is 17.7 Å². The highest BCUT2D eigenvalue weighted by Gasteiger charge is 2.20. The second kappa shape index (κ2) is 10.2. The van der Waals surface area contributed by atoms with Gasteiger partial charge in [-0.05, 0) is 54.1 Å². The van der Waals surface area contributed by atoms with Crippen LogP contribution in [-0.2, 0) is 11.2 Å². The Morgan fingerprint density at radius 1 is 1.15 bits per heavy atom. The van der Waals surface area contributed by atoms with Crippen molar-refractivity contribution in [2.45, 2.75) is 33.6 Å². The average Bonchev–Trinajstić information content (AvgIpc) is 3.33. The minimum atomic E-state index is -0.879. The lowest BCUT2D eigenvalue weighted by molar-refractivity contribution is -0.114. The quantitative estimate of drug-likeness (QED) is 0.226. The largest absolute Gasteiger partial charge is 0.506 e. The first kappa shape index (κ1) is 26.4. The molecule has 2 aromatic heterocycles. The minimum absolute atomic E-state index is 0.0374. The molecule has 0 saturated heterocycles. The Hall–Kier alpha value is -4.23. The molecule has 2 aliphatic rings. The van der Waals surface area contributed by atoms with Gasteiger partial charge in [0.15, 0.2) is 11.0 Å². The summed E-state index contributed by atoms with van der Waals surface area (Å²) in [4.78, 5) is 60.0. The van der Waals surface area contributed by atoms with Crippen LogP contribution < -0.4 is 21.7 Å². The van der Waals surface area contributed by atoms with Crippen LogP contribution in [0.25, 0.3) is 33.5 Å². The number of fused-ring (bicyclic) bond motifs is 1. The molecule has 4 N–H and O–H groups in total. The molecule has 39 heavy (non-hydrogen) atoms. The molecule has 1 aromatic carbocycles. The van der Waals surface area contributed by atoms with E-state index in [0.29, 0.717) is 28.0 Å². The number of H-pyrrole nitrogens is 2. The van der Waals surface area contributed by atoms with Gasteiger partial charge >= 0.3 is 0 Å². The fraction of sp³-hybridized carbons (Fsp3) is 0.231. The van der Waals surface area contributed by atoms with Gasteiger partial charge in [0.25, 0.3) is 11.0 Å². The number of rotatable bonds is 6. The zero-order valence-corrected chi connectivity index (χ0v) is 22.6. The summed E-state index contributed by atoms with van der Waals surface area (Å²) >= 11 is 1.94. The fourth-order valence-corrected chi connectivity index (χ4v) is 5.71. The van der Waals surface area contributed by atoms with Crippen molar-refractivity contribution in [3.05, 3.63) is 75.6 Å². The van der Waals surface area contributed by atoms with Crippen LogP contribution in [0.5, 0.6) is 5.75 Å². The predicted octanol–water partition coefficient (Wildman–Crippen LogP) is 3.94. The molecule has 0 unspecified atom stereocenters. The monoisotopic (exact) mass is 567 g/mol. The van der Waals surface area contributed by atoms with E-state index in [4.69, 9.17) is 0 Å². The smallest absolute Gasteiger partial charge is 0.263 e. The highest BCUT2D eigenvalue weighted by atomic mass is 32.1. The second-order valence-electron chi connectivity index (χ2n) is 9.43. The average molecular weight is 568 g/mol. The molecule has 0 fully saturated rings. The number of aromatic nitrogens is 4. The van der Waals surface area contributed by atoms with Crippen molar-refractivity contribution in [2.75, 3.05) is 5.32 Å². The molecule has 1 amide bonds. The molecule has 0 radical (unpaired) electrons. The van der Waals surface area contributed by atoms with E-state index in [9.17, 15) is 28.7 Å². The van der Waals surface area contributed by atoms with E-state index >= 15 is 0 Å². The number of hydrogen-bond donors (Lipinski definition) is 4. The van der Waals surface area contributed by atoms with Crippen LogP contribution in [0.2, 0.25) is 0 Å². The van der Waals surface area contributed by atoms with Crippen LogP contribution >= 0.6 is 22.9 Å². The van der Waals surface area contributed by atoms with Crippen molar-refractivity contribution in [1.29, 1.82) is 0 Å². The lowest BCUT2D eigenvalue weighted by Crippen LogP contribution is -2.27. The highest BCUT2D eigenvalue weighted by Crippen LogP contribution is 2.33. The zero-order chi connectivity index (χ0) is 28.0. The van der Waals surface area contributed by atoms with E-state index in [1.807, 2.05) is 13.8 Å². The van der Waals surface area contributed by atoms with E-state index < -0.39 is 28.0 Å². The van der Waals surface area contributed by atoms with Gasteiger partial charge in [0.2, 0.25) is 11.3 Å². The lowest BCUT2D eigenvalue weighted by Gasteiger charge is -2.12. The number of nitrogens with zero attached hydrogens (tertiary/aromatic N) is 2. The summed E-state index contributed by atoms with van der Waals surface area (Å²) in [6, 6.07) is 3.91. The Balaban J connectivity index is 1.66. The number of aromatic hydroxyl groups is 1. The van der Waals surface area contributed by atoms with Crippen molar-refractivity contribution in [1.82, 2.24) is 19.3 Å². The third-order valence-corrected chi connectivity index (χ3v) is 7.66. The number of halogens is 1. The van der Waals surface area contributed by atoms with Crippen molar-refractivity contribution >= 4 is 44.8 Å². The molecule has 10 nitrogen and oxygen atoms in total. The standard InChI is InChI=1S/C26H22FN5O5S2/c1-10(2)4-5-12-6-13(27)7-15-19(12)31-25(37)18(21(15)34)24-30-20-17(39-32-24)8-14(22(35)23(20)36)16-9-38-26(29-16)28-11(3)33/h6-10H,4-5H2,1-3H3,(H,30,32)(H,28,29,33)(H2,31,34,37). The molecule has 0 bridgehead atoms. The Bertz CT molecular complexity index is 2010. The summed E-state index contributed by atoms with van der Waals surface area (Å²) in [5, 5.41) is 15.4. The Kier molecular flexibility index (Phi) is 6.87. The van der Waals surface area contributed by atoms with Crippen LogP contribution in [0.15, 0.2) is 38.0 Å². The maximum absolute atomic E-state index is 14.5. The molecule has 0 atom stereocenters. The van der Waals surface area contributed by atoms with Crippen LogP contribution in [0.3, 0.4) is 0 Å². The number of carbonyl (C=O) groups is 1. The fourth-order valence-electron chi connectivity index (χ4n) is 4.22. The van der Waals surface area contributed by atoms with Crippen molar-refractivity contribution < 1.29 is 14.3 Å². The van der Waals surface area contributed by atoms with Gasteiger partial charge in [-0.3, -0.25) is 19.2 Å². The van der Waals surface area contributed by atoms with E-state index in [1.54, 1.807) is 5.38 Å². The summed E-state index contributed by atoms with van der Waals surface area (Å²) in [5.74, 6) is -1.18. The Morgan fingerprint density at radius 3 is 2.64 bits per heavy atom. The van der Waals surface area contributed by atoms with Crippen molar-refractivity contribution in [3.8, 4) is 28.4 Å². The number of amides is 1. The molecule has 1 aliphatic carbocycles. The highest BCUT2D eigenvalue weighted by molar-refractivity contribution is 7.14. The number of benzene rings is 1. The number of hydrogen-bond acceptors (Lipinski definition) is 9. The number of pyridine rings is 1. The van der Waals surface area contributed by atoms with E-state index in [-0.39, 0.29) is 44.4 Å². The van der Waals surface area contributed by atoms with Crippen LogP contribution in [0, 0.1) is 21.6 Å². The van der Waals surface area contributed by atoms with Crippen LogP contribution in [0.1, 0.15) is 32.8 Å². The molecule has 3 heterocycles. The summed E-state index contributed by atoms with van der Waals surface area (Å²) < 4.78 is 19.0. The molecule has 200 valence electrons. The van der Waals surface area contributed by atoms with Gasteiger partial charge in [-0.25, -0.2) is 9.37 Å². The molecule has 0 spiro atoms. The first-order chi connectivity index (χ1) is 18.5. The van der Waals surface area contributed by atoms with E-state index in [1.165, 1.54) is 19.1 Å². The van der Waals surface area contributed by atoms with Gasteiger partial charge in [-0.1, -0.05) is 13.8 Å².